The van der Waals surface area contributed by atoms with Crippen molar-refractivity contribution in [2.24, 2.45) is 0 Å². The number of nitriles is 1. The van der Waals surface area contributed by atoms with Crippen LogP contribution >= 0.6 is 0 Å². The summed E-state index contributed by atoms with van der Waals surface area (Å²) in [5.41, 5.74) is 0.478. The SMILES string of the molecule is CCCCOC(=O)c1ccccc1NC(=O)/C(C#N)=C\NCCCOCC. The third kappa shape index (κ3) is 8.38. The first-order valence-electron chi connectivity index (χ1n) is 9.12. The van der Waals surface area contributed by atoms with Crippen LogP contribution in [-0.4, -0.2) is 38.2 Å². The Morgan fingerprint density at radius 3 is 2.67 bits per heavy atom. The van der Waals surface area contributed by atoms with Gasteiger partial charge in [-0.2, -0.15) is 5.26 Å². The van der Waals surface area contributed by atoms with Gasteiger partial charge in [-0.25, -0.2) is 4.79 Å². The minimum atomic E-state index is -0.594. The zero-order valence-corrected chi connectivity index (χ0v) is 15.9. The van der Waals surface area contributed by atoms with Crippen LogP contribution in [0, 0.1) is 11.3 Å². The lowest BCUT2D eigenvalue weighted by Crippen LogP contribution is -2.19. The predicted octanol–water partition coefficient (Wildman–Crippen LogP) is 3.01. The van der Waals surface area contributed by atoms with Gasteiger partial charge in [-0.05, 0) is 31.9 Å². The fraction of sp³-hybridized carbons (Fsp3) is 0.450. The topological polar surface area (TPSA) is 100 Å². The van der Waals surface area contributed by atoms with Crippen molar-refractivity contribution in [3.63, 3.8) is 0 Å². The lowest BCUT2D eigenvalue weighted by Gasteiger charge is -2.10. The summed E-state index contributed by atoms with van der Waals surface area (Å²) in [6, 6.07) is 8.41. The van der Waals surface area contributed by atoms with Crippen LogP contribution in [-0.2, 0) is 14.3 Å². The number of nitrogens with zero attached hydrogens (tertiary/aromatic N) is 1. The number of nitrogens with one attached hydrogen (secondary N) is 2. The van der Waals surface area contributed by atoms with Crippen molar-refractivity contribution in [1.82, 2.24) is 5.32 Å². The molecule has 7 heteroatoms. The molecule has 0 heterocycles. The molecule has 0 saturated carbocycles. The second-order valence-corrected chi connectivity index (χ2v) is 5.66. The molecule has 1 aromatic rings. The maximum atomic E-state index is 12.3. The standard InChI is InChI=1S/C20H27N3O4/c1-3-5-13-27-20(25)17-9-6-7-10-18(17)23-19(24)16(14-21)15-22-11-8-12-26-4-2/h6-7,9-10,15,22H,3-5,8,11-13H2,1-2H3,(H,23,24)/b16-15-. The molecule has 0 saturated heterocycles. The van der Waals surface area contributed by atoms with Crippen molar-refractivity contribution in [2.75, 3.05) is 31.7 Å². The molecule has 1 amide bonds. The average Bonchev–Trinajstić information content (AvgIpc) is 2.68. The second-order valence-electron chi connectivity index (χ2n) is 5.66. The molecule has 0 aromatic heterocycles. The molecule has 0 aliphatic heterocycles. The summed E-state index contributed by atoms with van der Waals surface area (Å²) in [6.45, 7) is 6.10. The van der Waals surface area contributed by atoms with Gasteiger partial charge in [-0.1, -0.05) is 25.5 Å². The number of hydrogen-bond acceptors (Lipinski definition) is 6. The maximum absolute atomic E-state index is 12.3. The Morgan fingerprint density at radius 1 is 1.19 bits per heavy atom. The number of carbonyl (C=O) groups excluding carboxylic acids is 2. The van der Waals surface area contributed by atoms with Crippen LogP contribution in [0.1, 0.15) is 43.5 Å². The lowest BCUT2D eigenvalue weighted by molar-refractivity contribution is -0.112. The van der Waals surface area contributed by atoms with Crippen molar-refractivity contribution in [2.45, 2.75) is 33.1 Å². The van der Waals surface area contributed by atoms with E-state index in [0.717, 1.165) is 19.3 Å². The Bertz CT molecular complexity index is 680. The quantitative estimate of drug-likeness (QED) is 0.253. The fourth-order valence-electron chi connectivity index (χ4n) is 2.09. The van der Waals surface area contributed by atoms with E-state index in [2.05, 4.69) is 10.6 Å². The van der Waals surface area contributed by atoms with Crippen LogP contribution in [0.3, 0.4) is 0 Å². The number of amides is 1. The number of rotatable bonds is 12. The van der Waals surface area contributed by atoms with Crippen LogP contribution < -0.4 is 10.6 Å². The molecule has 0 fully saturated rings. The highest BCUT2D eigenvalue weighted by Crippen LogP contribution is 2.17. The fourth-order valence-corrected chi connectivity index (χ4v) is 2.09. The Labute approximate surface area is 160 Å². The van der Waals surface area contributed by atoms with Crippen molar-refractivity contribution >= 4 is 17.6 Å². The molecule has 0 radical (unpaired) electrons. The summed E-state index contributed by atoms with van der Waals surface area (Å²) in [5.74, 6) is -1.10. The summed E-state index contributed by atoms with van der Waals surface area (Å²) < 4.78 is 10.4. The molecule has 27 heavy (non-hydrogen) atoms. The molecule has 7 nitrogen and oxygen atoms in total. The van der Waals surface area contributed by atoms with Crippen LogP contribution in [0.4, 0.5) is 5.69 Å². The number of ether oxygens (including phenoxy) is 2. The van der Waals surface area contributed by atoms with E-state index in [1.54, 1.807) is 24.3 Å². The molecule has 0 aliphatic carbocycles. The van der Waals surface area contributed by atoms with Gasteiger partial charge in [-0.3, -0.25) is 4.79 Å². The number of carbonyl (C=O) groups is 2. The molecule has 1 rings (SSSR count). The van der Waals surface area contributed by atoms with Gasteiger partial charge in [0.15, 0.2) is 0 Å². The number of unbranched alkanes of at least 4 members (excludes halogenated alkanes) is 1. The van der Waals surface area contributed by atoms with Gasteiger partial charge < -0.3 is 20.1 Å². The van der Waals surface area contributed by atoms with Crippen molar-refractivity contribution < 1.29 is 19.1 Å². The van der Waals surface area contributed by atoms with Gasteiger partial charge in [0, 0.05) is 26.0 Å². The predicted molar refractivity (Wildman–Crippen MR) is 103 cm³/mol. The van der Waals surface area contributed by atoms with Crippen molar-refractivity contribution in [3.8, 4) is 6.07 Å². The van der Waals surface area contributed by atoms with Crippen LogP contribution in [0.25, 0.3) is 0 Å². The third-order valence-electron chi connectivity index (χ3n) is 3.55. The Balaban J connectivity index is 2.69. The van der Waals surface area contributed by atoms with E-state index in [0.29, 0.717) is 32.1 Å². The highest BCUT2D eigenvalue weighted by Gasteiger charge is 2.16. The first-order valence-corrected chi connectivity index (χ1v) is 9.12. The van der Waals surface area contributed by atoms with Crippen LogP contribution in [0.15, 0.2) is 36.0 Å². The zero-order chi connectivity index (χ0) is 19.9. The van der Waals surface area contributed by atoms with Gasteiger partial charge in [0.1, 0.15) is 11.6 Å². The maximum Gasteiger partial charge on any atom is 0.340 e. The largest absolute Gasteiger partial charge is 0.462 e. The molecule has 146 valence electrons. The molecule has 0 spiro atoms. The Morgan fingerprint density at radius 2 is 1.96 bits per heavy atom. The Kier molecular flexibility index (Phi) is 11.0. The monoisotopic (exact) mass is 373 g/mol. The van der Waals surface area contributed by atoms with Gasteiger partial charge in [0.25, 0.3) is 5.91 Å². The van der Waals surface area contributed by atoms with Gasteiger partial charge >= 0.3 is 5.97 Å². The number of para-hydroxylation sites is 1. The Hall–Kier alpha value is -2.85. The average molecular weight is 373 g/mol. The summed E-state index contributed by atoms with van der Waals surface area (Å²) in [6.07, 6.45) is 3.82. The molecule has 0 aliphatic rings. The second kappa shape index (κ2) is 13.4. The van der Waals surface area contributed by atoms with Gasteiger partial charge in [-0.15, -0.1) is 0 Å². The molecule has 0 atom stereocenters. The van der Waals surface area contributed by atoms with E-state index >= 15 is 0 Å². The first-order chi connectivity index (χ1) is 13.1. The van der Waals surface area contributed by atoms with Crippen LogP contribution in [0.2, 0.25) is 0 Å². The molecule has 2 N–H and O–H groups in total. The number of anilines is 1. The molecular weight excluding hydrogens is 346 g/mol. The van der Waals surface area contributed by atoms with E-state index in [1.165, 1.54) is 6.20 Å². The van der Waals surface area contributed by atoms with E-state index in [-0.39, 0.29) is 11.1 Å². The van der Waals surface area contributed by atoms with Crippen LogP contribution in [0.5, 0.6) is 0 Å². The smallest absolute Gasteiger partial charge is 0.340 e. The summed E-state index contributed by atoms with van der Waals surface area (Å²) >= 11 is 0. The van der Waals surface area contributed by atoms with E-state index in [9.17, 15) is 14.9 Å². The third-order valence-corrected chi connectivity index (χ3v) is 3.55. The molecule has 1 aromatic carbocycles. The molecular formula is C20H27N3O4. The lowest BCUT2D eigenvalue weighted by atomic mass is 10.1. The van der Waals surface area contributed by atoms with E-state index in [1.807, 2.05) is 19.9 Å². The number of esters is 1. The minimum absolute atomic E-state index is 0.0828. The molecule has 0 unspecified atom stereocenters. The van der Waals surface area contributed by atoms with Gasteiger partial charge in [0.05, 0.1) is 17.9 Å². The zero-order valence-electron chi connectivity index (χ0n) is 15.9. The highest BCUT2D eigenvalue weighted by atomic mass is 16.5. The number of benzene rings is 1. The van der Waals surface area contributed by atoms with Crippen molar-refractivity contribution in [1.29, 1.82) is 5.26 Å². The van der Waals surface area contributed by atoms with Crippen molar-refractivity contribution in [3.05, 3.63) is 41.6 Å². The number of hydrogen-bond donors (Lipinski definition) is 2. The van der Waals surface area contributed by atoms with E-state index < -0.39 is 11.9 Å². The summed E-state index contributed by atoms with van der Waals surface area (Å²) in [7, 11) is 0. The minimum Gasteiger partial charge on any atom is -0.462 e. The summed E-state index contributed by atoms with van der Waals surface area (Å²) in [5, 5.41) is 14.7. The van der Waals surface area contributed by atoms with Gasteiger partial charge in [0.2, 0.25) is 0 Å². The first kappa shape index (κ1) is 22.2. The summed E-state index contributed by atoms with van der Waals surface area (Å²) in [4.78, 5) is 24.5. The van der Waals surface area contributed by atoms with E-state index in [4.69, 9.17) is 9.47 Å². The normalized spacial score (nSPS) is 10.8. The molecule has 0 bridgehead atoms. The highest BCUT2D eigenvalue weighted by molar-refractivity contribution is 6.09.